The predicted octanol–water partition coefficient (Wildman–Crippen LogP) is 5.64. The van der Waals surface area contributed by atoms with Crippen LogP contribution in [0.15, 0.2) is 54.7 Å². The zero-order valence-corrected chi connectivity index (χ0v) is 21.4. The summed E-state index contributed by atoms with van der Waals surface area (Å²) in [5.41, 5.74) is 4.90. The van der Waals surface area contributed by atoms with Crippen molar-refractivity contribution in [3.8, 4) is 0 Å². The molecule has 0 saturated heterocycles. The van der Waals surface area contributed by atoms with Gasteiger partial charge in [0.15, 0.2) is 5.78 Å². The number of benzene rings is 2. The second kappa shape index (κ2) is 9.34. The molecule has 3 aromatic rings. The molecule has 0 aliphatic carbocycles. The van der Waals surface area contributed by atoms with Gasteiger partial charge >= 0.3 is 0 Å². The van der Waals surface area contributed by atoms with Crippen molar-refractivity contribution in [1.29, 1.82) is 0 Å². The molecule has 1 amide bonds. The summed E-state index contributed by atoms with van der Waals surface area (Å²) in [5.74, 6) is -0.167. The maximum absolute atomic E-state index is 13.2. The van der Waals surface area contributed by atoms with E-state index in [0.29, 0.717) is 22.3 Å². The largest absolute Gasteiger partial charge is 0.326 e. The number of aromatic nitrogens is 2. The third-order valence-electron chi connectivity index (χ3n) is 6.28. The fourth-order valence-corrected chi connectivity index (χ4v) is 3.97. The maximum atomic E-state index is 13.2. The molecule has 182 valence electrons. The van der Waals surface area contributed by atoms with Crippen molar-refractivity contribution in [1.82, 2.24) is 15.3 Å². The molecule has 4 rings (SSSR count). The number of hydrogen-bond acceptors (Lipinski definition) is 5. The van der Waals surface area contributed by atoms with Crippen molar-refractivity contribution in [2.45, 2.75) is 54.0 Å². The summed E-state index contributed by atoms with van der Waals surface area (Å²) in [7, 11) is 0. The van der Waals surface area contributed by atoms with Gasteiger partial charge in [0.05, 0.1) is 22.9 Å². The van der Waals surface area contributed by atoms with E-state index in [0.717, 1.165) is 24.2 Å². The molecule has 6 heteroatoms. The lowest BCUT2D eigenvalue weighted by Gasteiger charge is -2.33. The normalized spacial score (nSPS) is 16.6. The fraction of sp³-hybridized carbons (Fsp3) is 0.379. The Morgan fingerprint density at radius 1 is 0.943 bits per heavy atom. The molecule has 1 aliphatic heterocycles. The van der Waals surface area contributed by atoms with Crippen LogP contribution in [0.1, 0.15) is 69.6 Å². The van der Waals surface area contributed by atoms with Gasteiger partial charge in [-0.15, -0.1) is 0 Å². The van der Waals surface area contributed by atoms with Gasteiger partial charge in [0.1, 0.15) is 0 Å². The first-order chi connectivity index (χ1) is 16.4. The molecule has 1 aromatic heterocycles. The summed E-state index contributed by atoms with van der Waals surface area (Å²) in [5, 5.41) is 6.45. The van der Waals surface area contributed by atoms with Crippen LogP contribution >= 0.6 is 0 Å². The van der Waals surface area contributed by atoms with Gasteiger partial charge in [-0.05, 0) is 66.4 Å². The number of amides is 1. The topological polar surface area (TPSA) is 84.0 Å². The highest BCUT2D eigenvalue weighted by atomic mass is 16.2. The summed E-state index contributed by atoms with van der Waals surface area (Å²) in [4.78, 5) is 34.8. The first kappa shape index (κ1) is 24.7. The number of hydrogen-bond donors (Lipinski definition) is 2. The van der Waals surface area contributed by atoms with Crippen molar-refractivity contribution >= 4 is 34.0 Å². The summed E-state index contributed by atoms with van der Waals surface area (Å²) in [6.07, 6.45) is 4.98. The van der Waals surface area contributed by atoms with Crippen molar-refractivity contribution < 1.29 is 9.59 Å². The number of ketones is 1. The van der Waals surface area contributed by atoms with Gasteiger partial charge in [-0.1, -0.05) is 47.6 Å². The second-order valence-corrected chi connectivity index (χ2v) is 11.3. The zero-order valence-electron chi connectivity index (χ0n) is 21.4. The van der Waals surface area contributed by atoms with Gasteiger partial charge in [0.2, 0.25) is 5.91 Å². The van der Waals surface area contributed by atoms with Crippen molar-refractivity contribution in [2.75, 3.05) is 11.9 Å². The molecular formula is C29H34N4O2. The smallest absolute Gasteiger partial charge is 0.229 e. The highest BCUT2D eigenvalue weighted by Gasteiger charge is 2.26. The number of fused-ring (bicyclic) bond motifs is 1. The van der Waals surface area contributed by atoms with Gasteiger partial charge in [0, 0.05) is 28.3 Å². The van der Waals surface area contributed by atoms with Crippen LogP contribution in [0.4, 0.5) is 5.69 Å². The standard InChI is InChI=1S/C29H34N4O2/c1-28(2,3)25-16-19(13-14-30-25)24-17-31-22-12-9-20(15-23(22)33-24)26(34)18-7-10-21(11-8-18)32-27(35)29(4,5)6/h7-12,15-17,25,30H,13-14H2,1-6H3,(H,32,35). The quantitative estimate of drug-likeness (QED) is 0.482. The van der Waals surface area contributed by atoms with E-state index in [1.54, 1.807) is 30.3 Å². The molecule has 0 saturated carbocycles. The molecule has 6 nitrogen and oxygen atoms in total. The number of anilines is 1. The Morgan fingerprint density at radius 3 is 2.29 bits per heavy atom. The van der Waals surface area contributed by atoms with E-state index in [2.05, 4.69) is 42.5 Å². The number of carbonyl (C=O) groups excluding carboxylic acids is 2. The van der Waals surface area contributed by atoms with Crippen molar-refractivity contribution in [2.24, 2.45) is 10.8 Å². The molecule has 1 atom stereocenters. The Kier molecular flexibility index (Phi) is 6.60. The minimum atomic E-state index is -0.489. The monoisotopic (exact) mass is 470 g/mol. The third-order valence-corrected chi connectivity index (χ3v) is 6.28. The molecule has 35 heavy (non-hydrogen) atoms. The maximum Gasteiger partial charge on any atom is 0.229 e. The molecule has 2 heterocycles. The highest BCUT2D eigenvalue weighted by Crippen LogP contribution is 2.29. The lowest BCUT2D eigenvalue weighted by Crippen LogP contribution is -2.41. The van der Waals surface area contributed by atoms with E-state index in [-0.39, 0.29) is 23.1 Å². The molecule has 0 fully saturated rings. The number of nitrogens with zero attached hydrogens (tertiary/aromatic N) is 2. The van der Waals surface area contributed by atoms with Crippen LogP contribution in [0, 0.1) is 10.8 Å². The van der Waals surface area contributed by atoms with Gasteiger partial charge < -0.3 is 10.6 Å². The van der Waals surface area contributed by atoms with Crippen LogP contribution in [-0.2, 0) is 4.79 Å². The SMILES string of the molecule is CC(C)(C)C(=O)Nc1ccc(C(=O)c2ccc3ncc(C4=CC(C(C)(C)C)NCC4)nc3c2)cc1. The van der Waals surface area contributed by atoms with E-state index in [9.17, 15) is 9.59 Å². The van der Waals surface area contributed by atoms with E-state index >= 15 is 0 Å². The molecular weight excluding hydrogens is 436 g/mol. The van der Waals surface area contributed by atoms with Crippen LogP contribution < -0.4 is 10.6 Å². The lowest BCUT2D eigenvalue weighted by atomic mass is 9.83. The van der Waals surface area contributed by atoms with Crippen LogP contribution in [0.2, 0.25) is 0 Å². The zero-order chi connectivity index (χ0) is 25.4. The van der Waals surface area contributed by atoms with E-state index in [1.165, 1.54) is 5.57 Å². The van der Waals surface area contributed by atoms with Crippen LogP contribution in [0.5, 0.6) is 0 Å². The predicted molar refractivity (Wildman–Crippen MR) is 141 cm³/mol. The van der Waals surface area contributed by atoms with Crippen molar-refractivity contribution in [3.05, 3.63) is 71.6 Å². The minimum Gasteiger partial charge on any atom is -0.326 e. The second-order valence-electron chi connectivity index (χ2n) is 11.3. The Bertz CT molecular complexity index is 1290. The van der Waals surface area contributed by atoms with E-state index < -0.39 is 5.41 Å². The van der Waals surface area contributed by atoms with Crippen LogP contribution in [0.25, 0.3) is 16.6 Å². The molecule has 2 N–H and O–H groups in total. The van der Waals surface area contributed by atoms with Gasteiger partial charge in [0.25, 0.3) is 0 Å². The number of rotatable bonds is 4. The van der Waals surface area contributed by atoms with Crippen LogP contribution in [0.3, 0.4) is 0 Å². The first-order valence-corrected chi connectivity index (χ1v) is 12.1. The Balaban J connectivity index is 1.58. The molecule has 0 spiro atoms. The van der Waals surface area contributed by atoms with Gasteiger partial charge in [-0.25, -0.2) is 4.98 Å². The minimum absolute atomic E-state index is 0.0711. The number of carbonyl (C=O) groups is 2. The third kappa shape index (κ3) is 5.65. The summed E-state index contributed by atoms with van der Waals surface area (Å²) >= 11 is 0. The average molecular weight is 471 g/mol. The molecule has 0 radical (unpaired) electrons. The summed E-state index contributed by atoms with van der Waals surface area (Å²) in [6, 6.07) is 12.7. The highest BCUT2D eigenvalue weighted by molar-refractivity contribution is 6.10. The van der Waals surface area contributed by atoms with Crippen molar-refractivity contribution in [3.63, 3.8) is 0 Å². The summed E-state index contributed by atoms with van der Waals surface area (Å²) < 4.78 is 0. The molecule has 1 aliphatic rings. The lowest BCUT2D eigenvalue weighted by molar-refractivity contribution is -0.123. The Morgan fingerprint density at radius 2 is 1.63 bits per heavy atom. The van der Waals surface area contributed by atoms with E-state index in [1.807, 2.05) is 39.1 Å². The van der Waals surface area contributed by atoms with Gasteiger partial charge in [-0.3, -0.25) is 14.6 Å². The molecule has 0 bridgehead atoms. The Labute approximate surface area is 207 Å². The van der Waals surface area contributed by atoms with Crippen LogP contribution in [-0.4, -0.2) is 34.2 Å². The molecule has 1 unspecified atom stereocenters. The number of nitrogens with one attached hydrogen (secondary N) is 2. The fourth-order valence-electron chi connectivity index (χ4n) is 3.97. The Hall–Kier alpha value is -3.38. The average Bonchev–Trinajstić information content (AvgIpc) is 2.82. The van der Waals surface area contributed by atoms with Gasteiger partial charge in [-0.2, -0.15) is 0 Å². The summed E-state index contributed by atoms with van der Waals surface area (Å²) in [6.45, 7) is 13.1. The molecule has 2 aromatic carbocycles. The first-order valence-electron chi connectivity index (χ1n) is 12.1. The van der Waals surface area contributed by atoms with E-state index in [4.69, 9.17) is 4.98 Å².